The quantitative estimate of drug-likeness (QED) is 0.673. The molecule has 0 unspecified atom stereocenters. The van der Waals surface area contributed by atoms with Crippen LogP contribution >= 0.6 is 0 Å². The number of rotatable bonds is 5. The van der Waals surface area contributed by atoms with Gasteiger partial charge in [-0.2, -0.15) is 5.10 Å². The normalized spacial score (nSPS) is 10.9. The summed E-state index contributed by atoms with van der Waals surface area (Å²) in [5, 5.41) is 4.07. The van der Waals surface area contributed by atoms with E-state index in [1.54, 1.807) is 4.68 Å². The molecule has 2 N–H and O–H groups in total. The van der Waals surface area contributed by atoms with Crippen molar-refractivity contribution in [3.8, 4) is 0 Å². The third kappa shape index (κ3) is 3.77. The molecular formula is C14H17FN4O2. The number of halogens is 1. The lowest BCUT2D eigenvalue weighted by molar-refractivity contribution is 0.0456. The average Bonchev–Trinajstić information content (AvgIpc) is 2.85. The second kappa shape index (κ2) is 6.34. The Hall–Kier alpha value is -2.44. The van der Waals surface area contributed by atoms with Gasteiger partial charge in [0, 0.05) is 12.2 Å². The first-order chi connectivity index (χ1) is 9.97. The summed E-state index contributed by atoms with van der Waals surface area (Å²) in [4.78, 5) is 16.0. The Balaban J connectivity index is 2.04. The minimum atomic E-state index is -0.689. The fourth-order valence-electron chi connectivity index (χ4n) is 1.81. The number of nitrogens with two attached hydrogens (primary N) is 1. The van der Waals surface area contributed by atoms with E-state index in [1.807, 2.05) is 13.8 Å². The van der Waals surface area contributed by atoms with Crippen molar-refractivity contribution in [2.24, 2.45) is 5.92 Å². The summed E-state index contributed by atoms with van der Waals surface area (Å²) >= 11 is 0. The second-order valence-corrected chi connectivity index (χ2v) is 5.06. The second-order valence-electron chi connectivity index (χ2n) is 5.06. The first-order valence-corrected chi connectivity index (χ1v) is 6.56. The monoisotopic (exact) mass is 292 g/mol. The Morgan fingerprint density at radius 2 is 2.24 bits per heavy atom. The van der Waals surface area contributed by atoms with Crippen LogP contribution in [0.2, 0.25) is 0 Å². The Morgan fingerprint density at radius 1 is 1.48 bits per heavy atom. The molecule has 1 aromatic heterocycles. The minimum absolute atomic E-state index is 0.00456. The number of hydrogen-bond donors (Lipinski definition) is 1. The van der Waals surface area contributed by atoms with Crippen molar-refractivity contribution in [2.45, 2.75) is 27.0 Å². The van der Waals surface area contributed by atoms with E-state index < -0.39 is 11.8 Å². The highest BCUT2D eigenvalue weighted by Crippen LogP contribution is 2.15. The van der Waals surface area contributed by atoms with Crippen molar-refractivity contribution < 1.29 is 13.9 Å². The van der Waals surface area contributed by atoms with Gasteiger partial charge < -0.3 is 10.5 Å². The van der Waals surface area contributed by atoms with Crippen molar-refractivity contribution in [3.05, 3.63) is 41.7 Å². The zero-order valence-electron chi connectivity index (χ0n) is 11.9. The van der Waals surface area contributed by atoms with Crippen molar-refractivity contribution in [2.75, 3.05) is 5.73 Å². The topological polar surface area (TPSA) is 83.0 Å². The number of carbonyl (C=O) groups excluding carboxylic acids is 1. The zero-order chi connectivity index (χ0) is 15.4. The number of ether oxygens (including phenoxy) is 1. The number of nitrogen functional groups attached to an aromatic ring is 1. The van der Waals surface area contributed by atoms with Gasteiger partial charge in [0.2, 0.25) is 0 Å². The first-order valence-electron chi connectivity index (χ1n) is 6.56. The van der Waals surface area contributed by atoms with Crippen LogP contribution in [0.3, 0.4) is 0 Å². The molecule has 0 saturated carbocycles. The molecule has 0 aliphatic rings. The van der Waals surface area contributed by atoms with E-state index >= 15 is 0 Å². The predicted molar refractivity (Wildman–Crippen MR) is 74.8 cm³/mol. The molecule has 6 nitrogen and oxygen atoms in total. The number of anilines is 1. The molecule has 1 aromatic carbocycles. The molecule has 0 atom stereocenters. The zero-order valence-corrected chi connectivity index (χ0v) is 11.9. The predicted octanol–water partition coefficient (Wildman–Crippen LogP) is 2.01. The van der Waals surface area contributed by atoms with Gasteiger partial charge in [0.05, 0.1) is 5.56 Å². The van der Waals surface area contributed by atoms with Crippen LogP contribution in [0.5, 0.6) is 0 Å². The van der Waals surface area contributed by atoms with E-state index in [-0.39, 0.29) is 17.9 Å². The molecule has 0 amide bonds. The lowest BCUT2D eigenvalue weighted by Gasteiger charge is -2.10. The Morgan fingerprint density at radius 3 is 2.95 bits per heavy atom. The lowest BCUT2D eigenvalue weighted by Crippen LogP contribution is -2.14. The van der Waals surface area contributed by atoms with Crippen molar-refractivity contribution in [1.82, 2.24) is 14.8 Å². The molecule has 21 heavy (non-hydrogen) atoms. The van der Waals surface area contributed by atoms with Crippen LogP contribution in [0.4, 0.5) is 10.1 Å². The van der Waals surface area contributed by atoms with Gasteiger partial charge in [0.1, 0.15) is 12.1 Å². The lowest BCUT2D eigenvalue weighted by atomic mass is 10.2. The number of nitrogens with zero attached hydrogens (tertiary/aromatic N) is 3. The SMILES string of the molecule is CC(C)Cn1ncnc1COC(=O)c1cc(F)ccc1N. The van der Waals surface area contributed by atoms with Crippen LogP contribution in [0.25, 0.3) is 0 Å². The van der Waals surface area contributed by atoms with Crippen LogP contribution in [0.1, 0.15) is 30.0 Å². The van der Waals surface area contributed by atoms with Gasteiger partial charge in [-0.05, 0) is 24.1 Å². The van der Waals surface area contributed by atoms with E-state index in [4.69, 9.17) is 10.5 Å². The smallest absolute Gasteiger partial charge is 0.340 e. The van der Waals surface area contributed by atoms with E-state index in [2.05, 4.69) is 10.1 Å². The average molecular weight is 292 g/mol. The maximum Gasteiger partial charge on any atom is 0.340 e. The Kier molecular flexibility index (Phi) is 4.52. The highest BCUT2D eigenvalue weighted by Gasteiger charge is 2.14. The number of carbonyl (C=O) groups is 1. The third-order valence-electron chi connectivity index (χ3n) is 2.80. The summed E-state index contributed by atoms with van der Waals surface area (Å²) < 4.78 is 19.9. The van der Waals surface area contributed by atoms with Crippen LogP contribution < -0.4 is 5.73 Å². The molecule has 0 saturated heterocycles. The van der Waals surface area contributed by atoms with Gasteiger partial charge >= 0.3 is 5.97 Å². The molecule has 7 heteroatoms. The third-order valence-corrected chi connectivity index (χ3v) is 2.80. The summed E-state index contributed by atoms with van der Waals surface area (Å²) in [6.45, 7) is 4.73. The van der Waals surface area contributed by atoms with E-state index in [9.17, 15) is 9.18 Å². The molecule has 1 heterocycles. The highest BCUT2D eigenvalue weighted by atomic mass is 19.1. The van der Waals surface area contributed by atoms with Crippen molar-refractivity contribution in [1.29, 1.82) is 0 Å². The van der Waals surface area contributed by atoms with Crippen LogP contribution in [-0.2, 0) is 17.9 Å². The van der Waals surface area contributed by atoms with Gasteiger partial charge in [-0.3, -0.25) is 0 Å². The summed E-state index contributed by atoms with van der Waals surface area (Å²) in [5.74, 6) is -0.308. The molecule has 112 valence electrons. The summed E-state index contributed by atoms with van der Waals surface area (Å²) in [5.41, 5.74) is 5.81. The van der Waals surface area contributed by atoms with Crippen LogP contribution in [-0.4, -0.2) is 20.7 Å². The van der Waals surface area contributed by atoms with Gasteiger partial charge in [-0.15, -0.1) is 0 Å². The number of esters is 1. The number of aromatic nitrogens is 3. The van der Waals surface area contributed by atoms with Crippen LogP contribution in [0, 0.1) is 11.7 Å². The molecule has 0 aliphatic carbocycles. The van der Waals surface area contributed by atoms with Crippen LogP contribution in [0.15, 0.2) is 24.5 Å². The molecular weight excluding hydrogens is 275 g/mol. The summed E-state index contributed by atoms with van der Waals surface area (Å²) in [6, 6.07) is 3.56. The maximum atomic E-state index is 13.1. The Bertz CT molecular complexity index is 640. The van der Waals surface area contributed by atoms with E-state index in [0.29, 0.717) is 18.3 Å². The molecule has 2 rings (SSSR count). The van der Waals surface area contributed by atoms with Gasteiger partial charge in [0.25, 0.3) is 0 Å². The van der Waals surface area contributed by atoms with Crippen molar-refractivity contribution >= 4 is 11.7 Å². The number of benzene rings is 1. The molecule has 0 fully saturated rings. The van der Waals surface area contributed by atoms with E-state index in [0.717, 1.165) is 6.07 Å². The number of hydrogen-bond acceptors (Lipinski definition) is 5. The van der Waals surface area contributed by atoms with E-state index in [1.165, 1.54) is 18.5 Å². The fraction of sp³-hybridized carbons (Fsp3) is 0.357. The Labute approximate surface area is 121 Å². The van der Waals surface area contributed by atoms with Gasteiger partial charge in [0.15, 0.2) is 12.4 Å². The molecule has 0 spiro atoms. The first kappa shape index (κ1) is 15.0. The standard InChI is InChI=1S/C14H17FN4O2/c1-9(2)6-19-13(17-8-18-19)7-21-14(20)11-5-10(15)3-4-12(11)16/h3-5,8-9H,6-7,16H2,1-2H3. The fourth-order valence-corrected chi connectivity index (χ4v) is 1.81. The molecule has 2 aromatic rings. The highest BCUT2D eigenvalue weighted by molar-refractivity contribution is 5.94. The largest absolute Gasteiger partial charge is 0.454 e. The van der Waals surface area contributed by atoms with Gasteiger partial charge in [-0.25, -0.2) is 18.9 Å². The van der Waals surface area contributed by atoms with Gasteiger partial charge in [-0.1, -0.05) is 13.8 Å². The molecule has 0 aliphatic heterocycles. The minimum Gasteiger partial charge on any atom is -0.454 e. The summed E-state index contributed by atoms with van der Waals surface area (Å²) in [7, 11) is 0. The molecule has 0 radical (unpaired) electrons. The summed E-state index contributed by atoms with van der Waals surface area (Å²) in [6.07, 6.45) is 1.40. The van der Waals surface area contributed by atoms with Crippen molar-refractivity contribution in [3.63, 3.8) is 0 Å². The maximum absolute atomic E-state index is 13.1. The molecule has 0 bridgehead atoms.